The van der Waals surface area contributed by atoms with Gasteiger partial charge >= 0.3 is 0 Å². The normalized spacial score (nSPS) is 10.7. The fourth-order valence-corrected chi connectivity index (χ4v) is 2.18. The molecular weight excluding hydrogens is 255 g/mol. The van der Waals surface area contributed by atoms with E-state index in [1.54, 1.807) is 18.2 Å². The van der Waals surface area contributed by atoms with Gasteiger partial charge in [0, 0.05) is 16.6 Å². The van der Waals surface area contributed by atoms with E-state index >= 15 is 0 Å². The van der Waals surface area contributed by atoms with Crippen molar-refractivity contribution in [3.63, 3.8) is 0 Å². The van der Waals surface area contributed by atoms with Gasteiger partial charge in [-0.25, -0.2) is 9.37 Å². The highest BCUT2D eigenvalue weighted by Crippen LogP contribution is 2.28. The highest BCUT2D eigenvalue weighted by molar-refractivity contribution is 5.92. The van der Waals surface area contributed by atoms with E-state index in [9.17, 15) is 4.39 Å². The number of ether oxygens (including phenoxy) is 1. The predicted octanol–water partition coefficient (Wildman–Crippen LogP) is 3.63. The molecule has 2 aromatic carbocycles. The summed E-state index contributed by atoms with van der Waals surface area (Å²) in [5.41, 5.74) is 8.76. The Morgan fingerprint density at radius 2 is 1.90 bits per heavy atom. The highest BCUT2D eigenvalue weighted by atomic mass is 19.1. The first-order valence-electron chi connectivity index (χ1n) is 6.18. The zero-order valence-corrected chi connectivity index (χ0v) is 10.9. The molecule has 0 aliphatic rings. The van der Waals surface area contributed by atoms with E-state index < -0.39 is 5.82 Å². The van der Waals surface area contributed by atoms with E-state index in [-0.39, 0.29) is 5.75 Å². The summed E-state index contributed by atoms with van der Waals surface area (Å²) in [5.74, 6) is -0.207. The number of halogens is 1. The van der Waals surface area contributed by atoms with Crippen LogP contribution in [0.15, 0.2) is 48.5 Å². The number of benzene rings is 2. The molecule has 0 unspecified atom stereocenters. The number of fused-ring (bicyclic) bond motifs is 1. The van der Waals surface area contributed by atoms with Crippen LogP contribution in [-0.4, -0.2) is 12.1 Å². The molecule has 0 atom stereocenters. The van der Waals surface area contributed by atoms with Crippen molar-refractivity contribution in [1.82, 2.24) is 4.98 Å². The zero-order valence-electron chi connectivity index (χ0n) is 10.9. The number of nitrogens with zero attached hydrogens (tertiary/aromatic N) is 1. The summed E-state index contributed by atoms with van der Waals surface area (Å²) in [6, 6.07) is 14.1. The van der Waals surface area contributed by atoms with E-state index in [1.807, 2.05) is 24.3 Å². The summed E-state index contributed by atoms with van der Waals surface area (Å²) >= 11 is 0. The van der Waals surface area contributed by atoms with Crippen molar-refractivity contribution < 1.29 is 9.13 Å². The Hall–Kier alpha value is -2.62. The average molecular weight is 268 g/mol. The van der Waals surface area contributed by atoms with E-state index in [0.717, 1.165) is 10.9 Å². The molecule has 0 spiro atoms. The van der Waals surface area contributed by atoms with Crippen LogP contribution in [-0.2, 0) is 0 Å². The maximum atomic E-state index is 13.8. The SMILES string of the molecule is COc1ccc(-c2cc(N)c3ccccc3n2)cc1F. The molecule has 3 rings (SSSR count). The zero-order chi connectivity index (χ0) is 14.1. The molecule has 1 heterocycles. The number of hydrogen-bond donors (Lipinski definition) is 1. The van der Waals surface area contributed by atoms with Crippen LogP contribution in [0, 0.1) is 5.82 Å². The number of anilines is 1. The van der Waals surface area contributed by atoms with E-state index in [4.69, 9.17) is 10.5 Å². The number of hydrogen-bond acceptors (Lipinski definition) is 3. The minimum atomic E-state index is -0.418. The lowest BCUT2D eigenvalue weighted by Crippen LogP contribution is -1.94. The molecule has 0 saturated heterocycles. The topological polar surface area (TPSA) is 48.1 Å². The van der Waals surface area contributed by atoms with Gasteiger partial charge in [-0.1, -0.05) is 18.2 Å². The minimum Gasteiger partial charge on any atom is -0.494 e. The summed E-state index contributed by atoms with van der Waals surface area (Å²) in [4.78, 5) is 4.52. The van der Waals surface area contributed by atoms with Gasteiger partial charge in [0.2, 0.25) is 0 Å². The van der Waals surface area contributed by atoms with Crippen molar-refractivity contribution in [1.29, 1.82) is 0 Å². The van der Waals surface area contributed by atoms with Crippen LogP contribution in [0.3, 0.4) is 0 Å². The van der Waals surface area contributed by atoms with Crippen molar-refractivity contribution in [3.8, 4) is 17.0 Å². The Morgan fingerprint density at radius 1 is 1.10 bits per heavy atom. The molecule has 0 fully saturated rings. The Balaban J connectivity index is 2.17. The first kappa shape index (κ1) is 12.4. The molecule has 0 aliphatic heterocycles. The minimum absolute atomic E-state index is 0.211. The maximum absolute atomic E-state index is 13.8. The van der Waals surface area contributed by atoms with Gasteiger partial charge in [-0.3, -0.25) is 0 Å². The van der Waals surface area contributed by atoms with Gasteiger partial charge in [0.1, 0.15) is 0 Å². The largest absolute Gasteiger partial charge is 0.494 e. The van der Waals surface area contributed by atoms with Gasteiger partial charge in [0.15, 0.2) is 11.6 Å². The molecule has 2 N–H and O–H groups in total. The molecule has 0 radical (unpaired) electrons. The fourth-order valence-electron chi connectivity index (χ4n) is 2.18. The van der Waals surface area contributed by atoms with Crippen LogP contribution in [0.5, 0.6) is 5.75 Å². The lowest BCUT2D eigenvalue weighted by molar-refractivity contribution is 0.386. The first-order chi connectivity index (χ1) is 9.69. The Morgan fingerprint density at radius 3 is 2.65 bits per heavy atom. The maximum Gasteiger partial charge on any atom is 0.165 e. The summed E-state index contributed by atoms with van der Waals surface area (Å²) in [5, 5.41) is 0.894. The quantitative estimate of drug-likeness (QED) is 0.772. The van der Waals surface area contributed by atoms with Crippen LogP contribution >= 0.6 is 0 Å². The van der Waals surface area contributed by atoms with E-state index in [0.29, 0.717) is 16.9 Å². The number of aromatic nitrogens is 1. The number of para-hydroxylation sites is 1. The molecule has 100 valence electrons. The molecule has 0 bridgehead atoms. The first-order valence-corrected chi connectivity index (χ1v) is 6.18. The molecule has 1 aromatic heterocycles. The summed E-state index contributed by atoms with van der Waals surface area (Å²) in [6.07, 6.45) is 0. The average Bonchev–Trinajstić information content (AvgIpc) is 2.47. The molecule has 4 heteroatoms. The second-order valence-electron chi connectivity index (χ2n) is 4.46. The number of nitrogens with two attached hydrogens (primary N) is 1. The monoisotopic (exact) mass is 268 g/mol. The third kappa shape index (κ3) is 2.05. The van der Waals surface area contributed by atoms with Crippen molar-refractivity contribution in [2.45, 2.75) is 0 Å². The molecule has 3 aromatic rings. The molecule has 3 nitrogen and oxygen atoms in total. The van der Waals surface area contributed by atoms with Crippen LogP contribution in [0.25, 0.3) is 22.2 Å². The smallest absolute Gasteiger partial charge is 0.165 e. The third-order valence-corrected chi connectivity index (χ3v) is 3.20. The van der Waals surface area contributed by atoms with Crippen LogP contribution in [0.2, 0.25) is 0 Å². The lowest BCUT2D eigenvalue weighted by Gasteiger charge is -2.08. The van der Waals surface area contributed by atoms with Gasteiger partial charge in [0.05, 0.1) is 18.3 Å². The lowest BCUT2D eigenvalue weighted by atomic mass is 10.1. The number of rotatable bonds is 2. The number of pyridine rings is 1. The van der Waals surface area contributed by atoms with Gasteiger partial charge in [-0.05, 0) is 30.3 Å². The molecule has 20 heavy (non-hydrogen) atoms. The predicted molar refractivity (Wildman–Crippen MR) is 78.1 cm³/mol. The van der Waals surface area contributed by atoms with Gasteiger partial charge < -0.3 is 10.5 Å². The molecule has 0 aliphatic carbocycles. The van der Waals surface area contributed by atoms with Crippen LogP contribution < -0.4 is 10.5 Å². The van der Waals surface area contributed by atoms with Crippen molar-refractivity contribution >= 4 is 16.6 Å². The number of nitrogen functional groups attached to an aromatic ring is 1. The van der Waals surface area contributed by atoms with Crippen molar-refractivity contribution in [2.75, 3.05) is 12.8 Å². The molecular formula is C16H13FN2O. The molecule has 0 saturated carbocycles. The highest BCUT2D eigenvalue weighted by Gasteiger charge is 2.08. The van der Waals surface area contributed by atoms with Crippen LogP contribution in [0.1, 0.15) is 0 Å². The summed E-state index contributed by atoms with van der Waals surface area (Å²) in [7, 11) is 1.43. The van der Waals surface area contributed by atoms with Crippen molar-refractivity contribution in [2.24, 2.45) is 0 Å². The Labute approximate surface area is 115 Å². The third-order valence-electron chi connectivity index (χ3n) is 3.20. The summed E-state index contributed by atoms with van der Waals surface area (Å²) < 4.78 is 18.7. The second kappa shape index (κ2) is 4.81. The van der Waals surface area contributed by atoms with E-state index in [2.05, 4.69) is 4.98 Å². The Kier molecular flexibility index (Phi) is 2.99. The molecule has 0 amide bonds. The Bertz CT molecular complexity index is 787. The van der Waals surface area contributed by atoms with E-state index in [1.165, 1.54) is 13.2 Å². The van der Waals surface area contributed by atoms with Crippen LogP contribution in [0.4, 0.5) is 10.1 Å². The fraction of sp³-hybridized carbons (Fsp3) is 0.0625. The van der Waals surface area contributed by atoms with Gasteiger partial charge in [-0.15, -0.1) is 0 Å². The number of methoxy groups -OCH3 is 1. The second-order valence-corrected chi connectivity index (χ2v) is 4.46. The summed E-state index contributed by atoms with van der Waals surface area (Å²) in [6.45, 7) is 0. The van der Waals surface area contributed by atoms with Gasteiger partial charge in [0.25, 0.3) is 0 Å². The van der Waals surface area contributed by atoms with Crippen molar-refractivity contribution in [3.05, 3.63) is 54.3 Å². The standard InChI is InChI=1S/C16H13FN2O/c1-20-16-7-6-10(8-12(16)17)15-9-13(18)11-4-2-3-5-14(11)19-15/h2-9H,1H3,(H2,18,19). The van der Waals surface area contributed by atoms with Gasteiger partial charge in [-0.2, -0.15) is 0 Å².